The standard InChI is InChI=1S/C27H25N5O3/c1-32(2)16-17-3-6-20(7-4-17)30-26(19-11-12-29-21(14-19)8-10-24(33)34)25-22-9-5-18(15-28)13-23(22)31-27(25)35/h3-7,9,11-14,31,35H,8,10,16H2,1-2H3,(H,33,34). The lowest BCUT2D eigenvalue weighted by Gasteiger charge is -2.11. The normalized spacial score (nSPS) is 11.7. The van der Waals surface area contributed by atoms with Crippen LogP contribution in [-0.4, -0.2) is 50.9 Å². The molecular formula is C27H25N5O3. The summed E-state index contributed by atoms with van der Waals surface area (Å²) in [5.41, 5.74) is 5.26. The predicted molar refractivity (Wildman–Crippen MR) is 134 cm³/mol. The first-order chi connectivity index (χ1) is 16.8. The zero-order valence-electron chi connectivity index (χ0n) is 19.5. The van der Waals surface area contributed by atoms with E-state index in [4.69, 9.17) is 10.1 Å². The van der Waals surface area contributed by atoms with E-state index >= 15 is 0 Å². The summed E-state index contributed by atoms with van der Waals surface area (Å²) < 4.78 is 0. The topological polar surface area (TPSA) is 126 Å². The summed E-state index contributed by atoms with van der Waals surface area (Å²) in [6.45, 7) is 0.804. The second-order valence-corrected chi connectivity index (χ2v) is 8.52. The van der Waals surface area contributed by atoms with Gasteiger partial charge in [-0.05, 0) is 56.1 Å². The van der Waals surface area contributed by atoms with Gasteiger partial charge in [0.25, 0.3) is 0 Å². The number of nitriles is 1. The molecule has 2 aromatic heterocycles. The zero-order chi connectivity index (χ0) is 24.9. The maximum absolute atomic E-state index is 11.0. The summed E-state index contributed by atoms with van der Waals surface area (Å²) in [5, 5.41) is 29.9. The van der Waals surface area contributed by atoms with Crippen molar-refractivity contribution in [2.45, 2.75) is 19.4 Å². The Labute approximate surface area is 202 Å². The van der Waals surface area contributed by atoms with Crippen LogP contribution in [0.2, 0.25) is 0 Å². The van der Waals surface area contributed by atoms with Gasteiger partial charge in [0.15, 0.2) is 5.88 Å². The number of aromatic amines is 1. The van der Waals surface area contributed by atoms with Gasteiger partial charge in [-0.2, -0.15) is 5.26 Å². The number of H-pyrrole nitrogens is 1. The van der Waals surface area contributed by atoms with Gasteiger partial charge in [0, 0.05) is 35.8 Å². The molecule has 0 unspecified atom stereocenters. The molecule has 2 aromatic carbocycles. The van der Waals surface area contributed by atoms with Gasteiger partial charge in [0.1, 0.15) is 0 Å². The van der Waals surface area contributed by atoms with Crippen molar-refractivity contribution < 1.29 is 15.0 Å². The van der Waals surface area contributed by atoms with Crippen LogP contribution in [0.3, 0.4) is 0 Å². The van der Waals surface area contributed by atoms with Crippen LogP contribution in [0.15, 0.2) is 65.8 Å². The van der Waals surface area contributed by atoms with Crippen molar-refractivity contribution in [2.24, 2.45) is 4.99 Å². The van der Waals surface area contributed by atoms with Crippen LogP contribution in [0.5, 0.6) is 5.88 Å². The fourth-order valence-corrected chi connectivity index (χ4v) is 3.92. The van der Waals surface area contributed by atoms with Gasteiger partial charge < -0.3 is 20.1 Å². The Morgan fingerprint density at radius 1 is 1.14 bits per heavy atom. The molecule has 0 saturated carbocycles. The summed E-state index contributed by atoms with van der Waals surface area (Å²) >= 11 is 0. The largest absolute Gasteiger partial charge is 0.494 e. The number of aromatic hydroxyl groups is 1. The van der Waals surface area contributed by atoms with E-state index in [9.17, 15) is 15.2 Å². The number of aryl methyl sites for hydroxylation is 1. The number of carboxylic acid groups (broad SMARTS) is 1. The van der Waals surface area contributed by atoms with Gasteiger partial charge in [-0.3, -0.25) is 9.78 Å². The number of aliphatic carboxylic acids is 1. The second-order valence-electron chi connectivity index (χ2n) is 8.52. The zero-order valence-corrected chi connectivity index (χ0v) is 19.5. The molecule has 4 aromatic rings. The molecule has 176 valence electrons. The van der Waals surface area contributed by atoms with E-state index in [-0.39, 0.29) is 18.7 Å². The average molecular weight is 468 g/mol. The monoisotopic (exact) mass is 467 g/mol. The van der Waals surface area contributed by atoms with Crippen molar-refractivity contribution in [1.82, 2.24) is 14.9 Å². The van der Waals surface area contributed by atoms with E-state index in [1.54, 1.807) is 36.5 Å². The summed E-state index contributed by atoms with van der Waals surface area (Å²) in [5.74, 6) is -0.964. The number of nitrogens with one attached hydrogen (secondary N) is 1. The predicted octanol–water partition coefficient (Wildman–Crippen LogP) is 4.39. The molecule has 35 heavy (non-hydrogen) atoms. The Bertz CT molecular complexity index is 1450. The molecule has 0 saturated heterocycles. The molecule has 0 spiro atoms. The average Bonchev–Trinajstić information content (AvgIpc) is 3.16. The van der Waals surface area contributed by atoms with Crippen molar-refractivity contribution in [2.75, 3.05) is 14.1 Å². The molecule has 0 aliphatic heterocycles. The van der Waals surface area contributed by atoms with Crippen LogP contribution in [0.1, 0.15) is 34.4 Å². The Balaban J connectivity index is 1.85. The van der Waals surface area contributed by atoms with Crippen molar-refractivity contribution >= 4 is 28.3 Å². The third kappa shape index (κ3) is 5.54. The first-order valence-corrected chi connectivity index (χ1v) is 11.1. The van der Waals surface area contributed by atoms with Crippen molar-refractivity contribution in [3.63, 3.8) is 0 Å². The maximum Gasteiger partial charge on any atom is 0.303 e. The molecule has 0 aliphatic rings. The van der Waals surface area contributed by atoms with E-state index in [0.29, 0.717) is 44.7 Å². The summed E-state index contributed by atoms with van der Waals surface area (Å²) in [6.07, 6.45) is 1.86. The van der Waals surface area contributed by atoms with Crippen LogP contribution in [0.4, 0.5) is 5.69 Å². The Hall–Kier alpha value is -4.48. The number of carbonyl (C=O) groups is 1. The van der Waals surface area contributed by atoms with Gasteiger partial charge in [-0.25, -0.2) is 4.99 Å². The van der Waals surface area contributed by atoms with E-state index in [1.807, 2.05) is 38.4 Å². The fraction of sp³-hybridized carbons (Fsp3) is 0.185. The number of fused-ring (bicyclic) bond motifs is 1. The van der Waals surface area contributed by atoms with Crippen LogP contribution >= 0.6 is 0 Å². The number of carboxylic acids is 1. The molecule has 8 nitrogen and oxygen atoms in total. The highest BCUT2D eigenvalue weighted by molar-refractivity contribution is 6.22. The van der Waals surface area contributed by atoms with Crippen molar-refractivity contribution in [1.29, 1.82) is 5.26 Å². The minimum Gasteiger partial charge on any atom is -0.494 e. The molecular weight excluding hydrogens is 442 g/mol. The molecule has 8 heteroatoms. The van der Waals surface area contributed by atoms with Crippen molar-refractivity contribution in [3.05, 3.63) is 88.7 Å². The summed E-state index contributed by atoms with van der Waals surface area (Å²) in [4.78, 5) is 25.3. The molecule has 0 radical (unpaired) electrons. The number of benzene rings is 2. The highest BCUT2D eigenvalue weighted by atomic mass is 16.4. The number of pyridine rings is 1. The number of hydrogen-bond acceptors (Lipinski definition) is 6. The van der Waals surface area contributed by atoms with E-state index in [2.05, 4.69) is 20.9 Å². The van der Waals surface area contributed by atoms with E-state index in [1.165, 1.54) is 0 Å². The Morgan fingerprint density at radius 2 is 1.91 bits per heavy atom. The van der Waals surface area contributed by atoms with Gasteiger partial charge in [0.05, 0.1) is 40.5 Å². The molecule has 0 amide bonds. The van der Waals surface area contributed by atoms with Gasteiger partial charge in [-0.15, -0.1) is 0 Å². The lowest BCUT2D eigenvalue weighted by molar-refractivity contribution is -0.136. The van der Waals surface area contributed by atoms with E-state index in [0.717, 1.165) is 12.1 Å². The lowest BCUT2D eigenvalue weighted by Crippen LogP contribution is -2.10. The highest BCUT2D eigenvalue weighted by Gasteiger charge is 2.20. The van der Waals surface area contributed by atoms with Crippen molar-refractivity contribution in [3.8, 4) is 11.9 Å². The number of aliphatic imine (C=N–C) groups is 1. The van der Waals surface area contributed by atoms with Crippen LogP contribution < -0.4 is 0 Å². The smallest absolute Gasteiger partial charge is 0.303 e. The quantitative estimate of drug-likeness (QED) is 0.330. The van der Waals surface area contributed by atoms with E-state index < -0.39 is 5.97 Å². The number of hydrogen-bond donors (Lipinski definition) is 3. The molecule has 2 heterocycles. The molecule has 0 aliphatic carbocycles. The second kappa shape index (κ2) is 10.2. The first kappa shape index (κ1) is 23.7. The number of aromatic nitrogens is 2. The number of nitrogens with zero attached hydrogens (tertiary/aromatic N) is 4. The molecule has 0 fully saturated rings. The fourth-order valence-electron chi connectivity index (χ4n) is 3.92. The lowest BCUT2D eigenvalue weighted by atomic mass is 9.99. The van der Waals surface area contributed by atoms with Gasteiger partial charge >= 0.3 is 5.97 Å². The highest BCUT2D eigenvalue weighted by Crippen LogP contribution is 2.32. The summed E-state index contributed by atoms with van der Waals surface area (Å²) in [6, 6.07) is 18.7. The SMILES string of the molecule is CN(C)Cc1ccc(N=C(c2ccnc(CCC(=O)O)c2)c2c(O)[nH]c3cc(C#N)ccc23)cc1. The maximum atomic E-state index is 11.0. The van der Waals surface area contributed by atoms with Crippen LogP contribution in [0, 0.1) is 11.3 Å². The minimum atomic E-state index is -0.897. The van der Waals surface area contributed by atoms with Crippen LogP contribution in [-0.2, 0) is 17.8 Å². The third-order valence-corrected chi connectivity index (χ3v) is 5.51. The van der Waals surface area contributed by atoms with Gasteiger partial charge in [0.2, 0.25) is 0 Å². The van der Waals surface area contributed by atoms with Gasteiger partial charge in [-0.1, -0.05) is 18.2 Å². The molecule has 3 N–H and O–H groups in total. The molecule has 0 bridgehead atoms. The number of rotatable bonds is 8. The van der Waals surface area contributed by atoms with Crippen LogP contribution in [0.25, 0.3) is 10.9 Å². The minimum absolute atomic E-state index is 0.0362. The Kier molecular flexibility index (Phi) is 6.90. The molecule has 4 rings (SSSR count). The Morgan fingerprint density at radius 3 is 2.60 bits per heavy atom. The third-order valence-electron chi connectivity index (χ3n) is 5.51. The first-order valence-electron chi connectivity index (χ1n) is 11.1. The molecule has 0 atom stereocenters. The summed E-state index contributed by atoms with van der Waals surface area (Å²) in [7, 11) is 4.01.